The van der Waals surface area contributed by atoms with Crippen molar-refractivity contribution < 1.29 is 33.0 Å². The minimum atomic E-state index is -0.403. The van der Waals surface area contributed by atoms with Crippen molar-refractivity contribution in [2.75, 3.05) is 33.8 Å². The van der Waals surface area contributed by atoms with Crippen molar-refractivity contribution in [1.29, 1.82) is 0 Å². The number of carbonyl (C=O) groups is 2. The number of anilines is 1. The lowest BCUT2D eigenvalue weighted by molar-refractivity contribution is 0.100. The lowest BCUT2D eigenvalue weighted by Gasteiger charge is -2.13. The standard InChI is InChI=1S/C27H25NO7/c1-15-18-11-9-16(28-27(30)24-21(33-4)7-6-8-22(24)34-5)13-23(18)35-26(15)25(29)19-14-17(31-2)10-12-20(19)32-3/h6-14H,1-5H3,(H,28,30). The lowest BCUT2D eigenvalue weighted by atomic mass is 10.0. The van der Waals surface area contributed by atoms with Crippen LogP contribution in [0.5, 0.6) is 23.0 Å². The van der Waals surface area contributed by atoms with E-state index >= 15 is 0 Å². The predicted molar refractivity (Wildman–Crippen MR) is 131 cm³/mol. The minimum absolute atomic E-state index is 0.182. The molecule has 8 heteroatoms. The Balaban J connectivity index is 1.69. The summed E-state index contributed by atoms with van der Waals surface area (Å²) in [6, 6.07) is 15.3. The molecule has 0 fully saturated rings. The molecule has 0 bridgehead atoms. The van der Waals surface area contributed by atoms with E-state index in [1.807, 2.05) is 6.92 Å². The van der Waals surface area contributed by atoms with Gasteiger partial charge in [-0.25, -0.2) is 0 Å². The number of fused-ring (bicyclic) bond motifs is 1. The molecule has 180 valence electrons. The molecule has 35 heavy (non-hydrogen) atoms. The number of methoxy groups -OCH3 is 4. The highest BCUT2D eigenvalue weighted by Crippen LogP contribution is 2.34. The third-order valence-electron chi connectivity index (χ3n) is 5.71. The Hall–Kier alpha value is -4.46. The third kappa shape index (κ3) is 4.38. The topological polar surface area (TPSA) is 96.2 Å². The van der Waals surface area contributed by atoms with Gasteiger partial charge in [-0.3, -0.25) is 9.59 Å². The monoisotopic (exact) mass is 475 g/mol. The van der Waals surface area contributed by atoms with Gasteiger partial charge in [-0.2, -0.15) is 0 Å². The summed E-state index contributed by atoms with van der Waals surface area (Å²) in [7, 11) is 5.99. The van der Waals surface area contributed by atoms with Gasteiger partial charge in [0.25, 0.3) is 5.91 Å². The number of rotatable bonds is 8. The first-order chi connectivity index (χ1) is 16.9. The van der Waals surface area contributed by atoms with Gasteiger partial charge in [-0.05, 0) is 49.4 Å². The van der Waals surface area contributed by atoms with E-state index in [0.717, 1.165) is 5.39 Å². The second kappa shape index (κ2) is 9.80. The van der Waals surface area contributed by atoms with Crippen molar-refractivity contribution in [2.24, 2.45) is 0 Å². The molecule has 0 spiro atoms. The molecule has 1 N–H and O–H groups in total. The molecule has 1 amide bonds. The molecule has 0 unspecified atom stereocenters. The Kier molecular flexibility index (Phi) is 6.64. The van der Waals surface area contributed by atoms with Gasteiger partial charge in [0.1, 0.15) is 34.1 Å². The fourth-order valence-corrected chi connectivity index (χ4v) is 3.90. The molecular formula is C27H25NO7. The summed E-state index contributed by atoms with van der Waals surface area (Å²) in [4.78, 5) is 26.4. The van der Waals surface area contributed by atoms with Crippen molar-refractivity contribution >= 4 is 28.3 Å². The Morgan fingerprint density at radius 1 is 0.800 bits per heavy atom. The van der Waals surface area contributed by atoms with Crippen molar-refractivity contribution in [3.8, 4) is 23.0 Å². The van der Waals surface area contributed by atoms with Crippen LogP contribution in [0.3, 0.4) is 0 Å². The summed E-state index contributed by atoms with van der Waals surface area (Å²) in [6.45, 7) is 1.81. The van der Waals surface area contributed by atoms with E-state index in [-0.39, 0.29) is 17.1 Å². The summed E-state index contributed by atoms with van der Waals surface area (Å²) in [6.07, 6.45) is 0. The van der Waals surface area contributed by atoms with Crippen LogP contribution >= 0.6 is 0 Å². The second-order valence-electron chi connectivity index (χ2n) is 7.65. The van der Waals surface area contributed by atoms with E-state index in [1.165, 1.54) is 28.4 Å². The van der Waals surface area contributed by atoms with Crippen LogP contribution < -0.4 is 24.3 Å². The first-order valence-electron chi connectivity index (χ1n) is 10.7. The Morgan fingerprint density at radius 2 is 1.49 bits per heavy atom. The van der Waals surface area contributed by atoms with Gasteiger partial charge in [0.05, 0.1) is 34.0 Å². The molecule has 0 atom stereocenters. The van der Waals surface area contributed by atoms with Crippen LogP contribution in [0.25, 0.3) is 11.0 Å². The third-order valence-corrected chi connectivity index (χ3v) is 5.71. The van der Waals surface area contributed by atoms with Crippen molar-refractivity contribution in [1.82, 2.24) is 0 Å². The molecule has 4 rings (SSSR count). The number of amides is 1. The van der Waals surface area contributed by atoms with Crippen LogP contribution in [0.15, 0.2) is 59.0 Å². The van der Waals surface area contributed by atoms with E-state index in [1.54, 1.807) is 54.6 Å². The molecule has 0 aliphatic carbocycles. The normalized spacial score (nSPS) is 10.7. The van der Waals surface area contributed by atoms with Gasteiger partial charge in [-0.15, -0.1) is 0 Å². The van der Waals surface area contributed by atoms with Crippen LogP contribution in [0, 0.1) is 6.92 Å². The van der Waals surface area contributed by atoms with Crippen LogP contribution in [0.4, 0.5) is 5.69 Å². The summed E-state index contributed by atoms with van der Waals surface area (Å²) in [5.41, 5.74) is 2.22. The average Bonchev–Trinajstić information content (AvgIpc) is 3.22. The predicted octanol–water partition coefficient (Wildman–Crippen LogP) is 5.26. The van der Waals surface area contributed by atoms with Crippen LogP contribution in [0.2, 0.25) is 0 Å². The zero-order valence-corrected chi connectivity index (χ0v) is 20.1. The highest BCUT2D eigenvalue weighted by Gasteiger charge is 2.24. The Bertz CT molecular complexity index is 1400. The fraction of sp³-hybridized carbons (Fsp3) is 0.185. The smallest absolute Gasteiger partial charge is 0.263 e. The highest BCUT2D eigenvalue weighted by atomic mass is 16.5. The van der Waals surface area contributed by atoms with Crippen molar-refractivity contribution in [3.63, 3.8) is 0 Å². The zero-order chi connectivity index (χ0) is 25.1. The van der Waals surface area contributed by atoms with E-state index in [9.17, 15) is 9.59 Å². The maximum atomic E-state index is 13.3. The maximum absolute atomic E-state index is 13.3. The van der Waals surface area contributed by atoms with Gasteiger partial charge in [-0.1, -0.05) is 6.07 Å². The molecule has 0 saturated heterocycles. The molecular weight excluding hydrogens is 450 g/mol. The Labute approximate surface area is 202 Å². The number of nitrogens with one attached hydrogen (secondary N) is 1. The number of ether oxygens (including phenoxy) is 4. The van der Waals surface area contributed by atoms with Crippen LogP contribution in [-0.2, 0) is 0 Å². The fourth-order valence-electron chi connectivity index (χ4n) is 3.90. The first-order valence-corrected chi connectivity index (χ1v) is 10.7. The molecule has 0 radical (unpaired) electrons. The highest BCUT2D eigenvalue weighted by molar-refractivity contribution is 6.13. The van der Waals surface area contributed by atoms with Gasteiger partial charge in [0, 0.05) is 22.7 Å². The van der Waals surface area contributed by atoms with E-state index in [4.69, 9.17) is 23.4 Å². The zero-order valence-electron chi connectivity index (χ0n) is 20.1. The largest absolute Gasteiger partial charge is 0.497 e. The van der Waals surface area contributed by atoms with Gasteiger partial charge < -0.3 is 28.7 Å². The van der Waals surface area contributed by atoms with Gasteiger partial charge in [0.15, 0.2) is 5.76 Å². The molecule has 1 heterocycles. The molecule has 1 aromatic heterocycles. The molecule has 3 aromatic carbocycles. The maximum Gasteiger partial charge on any atom is 0.263 e. The second-order valence-corrected chi connectivity index (χ2v) is 7.65. The summed E-state index contributed by atoms with van der Waals surface area (Å²) in [5.74, 6) is 1.15. The SMILES string of the molecule is COc1ccc(OC)c(C(=O)c2oc3cc(NC(=O)c4c(OC)cccc4OC)ccc3c2C)c1. The summed E-state index contributed by atoms with van der Waals surface area (Å²) >= 11 is 0. The Morgan fingerprint density at radius 3 is 2.11 bits per heavy atom. The number of hydrogen-bond acceptors (Lipinski definition) is 7. The minimum Gasteiger partial charge on any atom is -0.497 e. The number of carbonyl (C=O) groups excluding carboxylic acids is 2. The number of hydrogen-bond donors (Lipinski definition) is 1. The first kappa shape index (κ1) is 23.7. The molecule has 0 saturated carbocycles. The van der Waals surface area contributed by atoms with Crippen LogP contribution in [0.1, 0.15) is 32.0 Å². The van der Waals surface area contributed by atoms with Gasteiger partial charge >= 0.3 is 0 Å². The number of benzene rings is 3. The van der Waals surface area contributed by atoms with E-state index in [2.05, 4.69) is 5.32 Å². The number of aryl methyl sites for hydroxylation is 1. The quantitative estimate of drug-likeness (QED) is 0.347. The molecule has 0 aliphatic heterocycles. The van der Waals surface area contributed by atoms with E-state index < -0.39 is 5.91 Å². The molecule has 4 aromatic rings. The molecule has 0 aliphatic rings. The molecule has 8 nitrogen and oxygen atoms in total. The summed E-state index contributed by atoms with van der Waals surface area (Å²) in [5, 5.41) is 3.60. The lowest BCUT2D eigenvalue weighted by Crippen LogP contribution is -2.14. The van der Waals surface area contributed by atoms with E-state index in [0.29, 0.717) is 45.4 Å². The summed E-state index contributed by atoms with van der Waals surface area (Å²) < 4.78 is 27.2. The van der Waals surface area contributed by atoms with Crippen molar-refractivity contribution in [2.45, 2.75) is 6.92 Å². The van der Waals surface area contributed by atoms with Crippen LogP contribution in [-0.4, -0.2) is 40.1 Å². The van der Waals surface area contributed by atoms with Crippen molar-refractivity contribution in [3.05, 3.63) is 77.0 Å². The number of ketones is 1. The van der Waals surface area contributed by atoms with Gasteiger partial charge in [0.2, 0.25) is 5.78 Å². The number of furan rings is 1. The average molecular weight is 475 g/mol.